The molecular weight excluding hydrogens is 176 g/mol. The zero-order valence-electron chi connectivity index (χ0n) is 5.92. The van der Waals surface area contributed by atoms with E-state index in [1.54, 1.807) is 11.3 Å². The fourth-order valence-corrected chi connectivity index (χ4v) is 2.15. The van der Waals surface area contributed by atoms with Crippen LogP contribution in [0.2, 0.25) is 0 Å². The molecule has 1 N–H and O–H groups in total. The van der Waals surface area contributed by atoms with E-state index in [1.807, 2.05) is 18.4 Å². The summed E-state index contributed by atoms with van der Waals surface area (Å²) in [6, 6.07) is 2.05. The maximum absolute atomic E-state index is 5.06. The van der Waals surface area contributed by atoms with Crippen LogP contribution in [0.15, 0.2) is 11.4 Å². The van der Waals surface area contributed by atoms with Crippen molar-refractivity contribution < 1.29 is 0 Å². The van der Waals surface area contributed by atoms with Crippen molar-refractivity contribution in [1.82, 2.24) is 10.2 Å². The monoisotopic (exact) mass is 182 g/mol. The molecule has 0 aliphatic heterocycles. The van der Waals surface area contributed by atoms with Crippen LogP contribution in [0.3, 0.4) is 0 Å². The second-order valence-electron chi connectivity index (χ2n) is 2.30. The Bertz CT molecular complexity index is 441. The molecule has 0 fully saturated rings. The third-order valence-corrected chi connectivity index (χ3v) is 2.94. The number of aromatic nitrogens is 2. The fourth-order valence-electron chi connectivity index (χ4n) is 1.02. The Balaban J connectivity index is 3.08. The second kappa shape index (κ2) is 2.39. The number of H-pyrrole nitrogens is 1. The molecule has 0 saturated heterocycles. The molecule has 2 aromatic rings. The highest BCUT2D eigenvalue weighted by molar-refractivity contribution is 7.71. The average Bonchev–Trinajstić information content (AvgIpc) is 2.45. The molecule has 0 saturated carbocycles. The first-order chi connectivity index (χ1) is 5.29. The van der Waals surface area contributed by atoms with Crippen molar-refractivity contribution in [2.45, 2.75) is 6.92 Å². The Morgan fingerprint density at radius 1 is 1.64 bits per heavy atom. The van der Waals surface area contributed by atoms with Crippen LogP contribution in [0, 0.1) is 11.6 Å². The van der Waals surface area contributed by atoms with E-state index in [0.717, 1.165) is 15.0 Å². The summed E-state index contributed by atoms with van der Waals surface area (Å²) in [6.07, 6.45) is 0. The van der Waals surface area contributed by atoms with Gasteiger partial charge in [0.1, 0.15) is 4.64 Å². The highest BCUT2D eigenvalue weighted by Crippen LogP contribution is 2.21. The summed E-state index contributed by atoms with van der Waals surface area (Å²) >= 11 is 6.71. The van der Waals surface area contributed by atoms with Crippen molar-refractivity contribution in [1.29, 1.82) is 0 Å². The van der Waals surface area contributed by atoms with Gasteiger partial charge in [-0.15, -0.1) is 11.3 Å². The van der Waals surface area contributed by atoms with Gasteiger partial charge in [-0.2, -0.15) is 5.10 Å². The summed E-state index contributed by atoms with van der Waals surface area (Å²) in [5.74, 6) is 0. The second-order valence-corrected chi connectivity index (χ2v) is 3.63. The molecule has 0 atom stereocenters. The van der Waals surface area contributed by atoms with Crippen molar-refractivity contribution in [2.24, 2.45) is 0 Å². The van der Waals surface area contributed by atoms with E-state index in [4.69, 9.17) is 12.2 Å². The fraction of sp³-hybridized carbons (Fsp3) is 0.143. The lowest BCUT2D eigenvalue weighted by atomic mass is 10.3. The first kappa shape index (κ1) is 6.94. The van der Waals surface area contributed by atoms with Crippen LogP contribution in [-0.4, -0.2) is 10.2 Å². The maximum Gasteiger partial charge on any atom is 0.137 e. The molecule has 0 amide bonds. The summed E-state index contributed by atoms with van der Waals surface area (Å²) < 4.78 is 1.87. The number of rotatable bonds is 0. The quantitative estimate of drug-likeness (QED) is 0.634. The van der Waals surface area contributed by atoms with E-state index < -0.39 is 0 Å². The van der Waals surface area contributed by atoms with Gasteiger partial charge in [0.25, 0.3) is 0 Å². The molecular formula is C7H6N2S2. The van der Waals surface area contributed by atoms with Gasteiger partial charge in [0.2, 0.25) is 0 Å². The van der Waals surface area contributed by atoms with Gasteiger partial charge in [-0.3, -0.25) is 5.10 Å². The number of thiophene rings is 1. The van der Waals surface area contributed by atoms with E-state index in [-0.39, 0.29) is 0 Å². The lowest BCUT2D eigenvalue weighted by molar-refractivity contribution is 0.994. The zero-order chi connectivity index (χ0) is 7.84. The van der Waals surface area contributed by atoms with Crippen molar-refractivity contribution >= 4 is 33.6 Å². The Hall–Kier alpha value is -0.740. The van der Waals surface area contributed by atoms with Crippen LogP contribution in [0.25, 0.3) is 10.1 Å². The maximum atomic E-state index is 5.06. The summed E-state index contributed by atoms with van der Waals surface area (Å²) in [7, 11) is 0. The molecule has 56 valence electrons. The van der Waals surface area contributed by atoms with Gasteiger partial charge < -0.3 is 0 Å². The van der Waals surface area contributed by atoms with E-state index in [1.165, 1.54) is 5.39 Å². The minimum absolute atomic E-state index is 0.737. The minimum atomic E-state index is 0.737. The standard InChI is InChI=1S/C7H6N2S2/c1-4-5-2-3-11-6(5)7(10)9-8-4/h2-3H,1H3,(H,9,10). The predicted octanol–water partition coefficient (Wildman–Crippen LogP) is 2.66. The SMILES string of the molecule is Cc1n[nH]c(=S)c2sccc12. The van der Waals surface area contributed by atoms with Crippen LogP contribution in [0.5, 0.6) is 0 Å². The smallest absolute Gasteiger partial charge is 0.137 e. The topological polar surface area (TPSA) is 28.7 Å². The first-order valence-electron chi connectivity index (χ1n) is 3.21. The number of fused-ring (bicyclic) bond motifs is 1. The third-order valence-electron chi connectivity index (χ3n) is 1.59. The van der Waals surface area contributed by atoms with Crippen LogP contribution in [0.1, 0.15) is 5.69 Å². The lowest BCUT2D eigenvalue weighted by Crippen LogP contribution is -1.85. The average molecular weight is 182 g/mol. The summed E-state index contributed by atoms with van der Waals surface area (Å²) in [5.41, 5.74) is 1.01. The van der Waals surface area contributed by atoms with Crippen molar-refractivity contribution in [2.75, 3.05) is 0 Å². The van der Waals surface area contributed by atoms with Gasteiger partial charge in [-0.1, -0.05) is 12.2 Å². The van der Waals surface area contributed by atoms with Crippen LogP contribution >= 0.6 is 23.6 Å². The van der Waals surface area contributed by atoms with Crippen molar-refractivity contribution in [3.63, 3.8) is 0 Å². The Morgan fingerprint density at radius 3 is 3.18 bits per heavy atom. The highest BCUT2D eigenvalue weighted by Gasteiger charge is 1.99. The molecule has 2 heterocycles. The summed E-state index contributed by atoms with van der Waals surface area (Å²) in [6.45, 7) is 1.97. The summed E-state index contributed by atoms with van der Waals surface area (Å²) in [5, 5.41) is 10.1. The number of hydrogen-bond donors (Lipinski definition) is 1. The van der Waals surface area contributed by atoms with E-state index in [9.17, 15) is 0 Å². The van der Waals surface area contributed by atoms with Gasteiger partial charge in [0.05, 0.1) is 10.4 Å². The Kier molecular flexibility index (Phi) is 1.51. The predicted molar refractivity (Wildman–Crippen MR) is 49.5 cm³/mol. The third kappa shape index (κ3) is 0.985. The van der Waals surface area contributed by atoms with Crippen molar-refractivity contribution in [3.8, 4) is 0 Å². The molecule has 4 heteroatoms. The van der Waals surface area contributed by atoms with Gasteiger partial charge in [-0.05, 0) is 18.4 Å². The van der Waals surface area contributed by atoms with Crippen LogP contribution in [0.4, 0.5) is 0 Å². The molecule has 2 nitrogen and oxygen atoms in total. The number of aromatic amines is 1. The van der Waals surface area contributed by atoms with E-state index >= 15 is 0 Å². The molecule has 0 unspecified atom stereocenters. The first-order valence-corrected chi connectivity index (χ1v) is 4.50. The minimum Gasteiger partial charge on any atom is -0.266 e. The largest absolute Gasteiger partial charge is 0.266 e. The summed E-state index contributed by atoms with van der Waals surface area (Å²) in [4.78, 5) is 0. The number of aryl methyl sites for hydroxylation is 1. The van der Waals surface area contributed by atoms with Gasteiger partial charge in [0, 0.05) is 5.39 Å². The molecule has 0 spiro atoms. The molecule has 11 heavy (non-hydrogen) atoms. The molecule has 0 aromatic carbocycles. The zero-order valence-corrected chi connectivity index (χ0v) is 7.55. The Labute approximate surface area is 72.9 Å². The van der Waals surface area contributed by atoms with E-state index in [0.29, 0.717) is 0 Å². The normalized spacial score (nSPS) is 10.6. The van der Waals surface area contributed by atoms with Crippen molar-refractivity contribution in [3.05, 3.63) is 21.8 Å². The van der Waals surface area contributed by atoms with Gasteiger partial charge in [0.15, 0.2) is 0 Å². The molecule has 0 bridgehead atoms. The lowest BCUT2D eigenvalue weighted by Gasteiger charge is -1.92. The van der Waals surface area contributed by atoms with Gasteiger partial charge >= 0.3 is 0 Å². The van der Waals surface area contributed by atoms with Crippen LogP contribution in [-0.2, 0) is 0 Å². The molecule has 2 aromatic heterocycles. The Morgan fingerprint density at radius 2 is 2.45 bits per heavy atom. The molecule has 0 aliphatic rings. The van der Waals surface area contributed by atoms with Crippen LogP contribution < -0.4 is 0 Å². The highest BCUT2D eigenvalue weighted by atomic mass is 32.1. The number of nitrogens with zero attached hydrogens (tertiary/aromatic N) is 1. The molecule has 2 rings (SSSR count). The molecule has 0 radical (unpaired) electrons. The molecule has 0 aliphatic carbocycles. The number of hydrogen-bond acceptors (Lipinski definition) is 3. The van der Waals surface area contributed by atoms with Gasteiger partial charge in [-0.25, -0.2) is 0 Å². The van der Waals surface area contributed by atoms with E-state index in [2.05, 4.69) is 10.2 Å². The number of nitrogens with one attached hydrogen (secondary N) is 1.